The molecule has 3 rings (SSSR count). The summed E-state index contributed by atoms with van der Waals surface area (Å²) >= 11 is 0. The Morgan fingerprint density at radius 2 is 1.89 bits per heavy atom. The molecule has 0 aliphatic heterocycles. The van der Waals surface area contributed by atoms with Gasteiger partial charge in [-0.3, -0.25) is 4.79 Å². The van der Waals surface area contributed by atoms with Crippen molar-refractivity contribution in [2.75, 3.05) is 0 Å². The molecule has 0 spiro atoms. The molecule has 0 bridgehead atoms. The predicted molar refractivity (Wildman–Crippen MR) is 105 cm³/mol. The van der Waals surface area contributed by atoms with Gasteiger partial charge in [0, 0.05) is 17.5 Å². The Balaban J connectivity index is 1.90. The molecule has 0 fully saturated rings. The van der Waals surface area contributed by atoms with Crippen molar-refractivity contribution in [1.82, 2.24) is 4.57 Å². The van der Waals surface area contributed by atoms with Crippen LogP contribution in [0.2, 0.25) is 0 Å². The van der Waals surface area contributed by atoms with Gasteiger partial charge < -0.3 is 14.4 Å². The van der Waals surface area contributed by atoms with E-state index in [1.54, 1.807) is 28.8 Å². The molecule has 27 heavy (non-hydrogen) atoms. The zero-order chi connectivity index (χ0) is 19.6. The van der Waals surface area contributed by atoms with Crippen LogP contribution in [0.5, 0.6) is 11.6 Å². The van der Waals surface area contributed by atoms with E-state index in [1.807, 2.05) is 45.9 Å². The number of carbonyl (C=O) groups is 1. The second-order valence-corrected chi connectivity index (χ2v) is 6.63. The summed E-state index contributed by atoms with van der Waals surface area (Å²) in [6.45, 7) is 8.37. The Morgan fingerprint density at radius 1 is 1.19 bits per heavy atom. The Morgan fingerprint density at radius 3 is 2.52 bits per heavy atom. The van der Waals surface area contributed by atoms with Gasteiger partial charge in [-0.15, -0.1) is 10.2 Å². The van der Waals surface area contributed by atoms with Crippen molar-refractivity contribution in [3.05, 3.63) is 53.6 Å². The number of rotatable bonds is 5. The van der Waals surface area contributed by atoms with Crippen molar-refractivity contribution in [2.24, 2.45) is 10.2 Å². The van der Waals surface area contributed by atoms with Crippen molar-refractivity contribution in [3.63, 3.8) is 0 Å². The van der Waals surface area contributed by atoms with Crippen LogP contribution in [0.1, 0.15) is 36.7 Å². The summed E-state index contributed by atoms with van der Waals surface area (Å²) in [5.41, 5.74) is 2.62. The van der Waals surface area contributed by atoms with Crippen LogP contribution in [0, 0.1) is 6.92 Å². The van der Waals surface area contributed by atoms with E-state index in [-0.39, 0.29) is 12.0 Å². The van der Waals surface area contributed by atoms with E-state index in [0.29, 0.717) is 23.5 Å². The number of hydrogen-bond acceptors (Lipinski definition) is 4. The van der Waals surface area contributed by atoms with Gasteiger partial charge in [0.25, 0.3) is 5.91 Å². The number of hydrogen-bond donors (Lipinski definition) is 1. The van der Waals surface area contributed by atoms with E-state index in [1.165, 1.54) is 0 Å². The second kappa shape index (κ2) is 7.61. The van der Waals surface area contributed by atoms with Gasteiger partial charge in [-0.05, 0) is 64.1 Å². The first-order valence-electron chi connectivity index (χ1n) is 8.95. The Labute approximate surface area is 158 Å². The summed E-state index contributed by atoms with van der Waals surface area (Å²) in [4.78, 5) is 12.4. The first-order valence-corrected chi connectivity index (χ1v) is 8.95. The molecule has 1 heterocycles. The molecule has 1 amide bonds. The van der Waals surface area contributed by atoms with Gasteiger partial charge in [0.2, 0.25) is 5.88 Å². The summed E-state index contributed by atoms with van der Waals surface area (Å²) < 4.78 is 7.31. The van der Waals surface area contributed by atoms with Gasteiger partial charge in [-0.2, -0.15) is 0 Å². The van der Waals surface area contributed by atoms with Gasteiger partial charge >= 0.3 is 0 Å². The molecular weight excluding hydrogens is 342 g/mol. The van der Waals surface area contributed by atoms with Gasteiger partial charge in [-0.1, -0.05) is 11.6 Å². The second-order valence-electron chi connectivity index (χ2n) is 6.63. The van der Waals surface area contributed by atoms with Crippen molar-refractivity contribution in [1.29, 1.82) is 0 Å². The lowest BCUT2D eigenvalue weighted by Crippen LogP contribution is -2.05. The lowest BCUT2D eigenvalue weighted by molar-refractivity contribution is 0.0995. The fraction of sp³-hybridized carbons (Fsp3) is 0.286. The van der Waals surface area contributed by atoms with Crippen LogP contribution in [0.25, 0.3) is 10.9 Å². The van der Waals surface area contributed by atoms with Crippen LogP contribution in [-0.4, -0.2) is 21.7 Å². The van der Waals surface area contributed by atoms with E-state index >= 15 is 0 Å². The zero-order valence-electron chi connectivity index (χ0n) is 15.9. The lowest BCUT2D eigenvalue weighted by Gasteiger charge is -2.09. The van der Waals surface area contributed by atoms with Gasteiger partial charge in [-0.25, -0.2) is 0 Å². The molecule has 6 heteroatoms. The van der Waals surface area contributed by atoms with E-state index in [2.05, 4.69) is 10.2 Å². The van der Waals surface area contributed by atoms with Crippen LogP contribution in [0.3, 0.4) is 0 Å². The largest absolute Gasteiger partial charge is 0.493 e. The molecule has 3 aromatic rings. The van der Waals surface area contributed by atoms with Crippen molar-refractivity contribution in [3.8, 4) is 11.6 Å². The van der Waals surface area contributed by atoms with E-state index < -0.39 is 5.91 Å². The topological polar surface area (TPSA) is 76.2 Å². The molecule has 0 saturated carbocycles. The number of nitrogens with zero attached hydrogens (tertiary/aromatic N) is 3. The summed E-state index contributed by atoms with van der Waals surface area (Å²) in [5, 5.41) is 19.1. The number of benzene rings is 2. The number of carbonyl (C=O) groups excluding carboxylic acids is 1. The third-order valence-electron chi connectivity index (χ3n) is 4.20. The molecule has 0 atom stereocenters. The summed E-state index contributed by atoms with van der Waals surface area (Å²) in [7, 11) is 0. The molecule has 0 aliphatic carbocycles. The highest BCUT2D eigenvalue weighted by Gasteiger charge is 2.16. The minimum Gasteiger partial charge on any atom is -0.493 e. The highest BCUT2D eigenvalue weighted by atomic mass is 16.5. The molecular formula is C21H23N3O3. The number of amides is 1. The average Bonchev–Trinajstić information content (AvgIpc) is 2.90. The SMILES string of the molecule is CCn1c(O)c(N=NC(=O)c2ccc(OC(C)C)cc2)c2cc(C)ccc21. The number of fused-ring (bicyclic) bond motifs is 1. The normalized spacial score (nSPS) is 11.6. The third kappa shape index (κ3) is 3.84. The molecule has 140 valence electrons. The quantitative estimate of drug-likeness (QED) is 0.616. The average molecular weight is 365 g/mol. The van der Waals surface area contributed by atoms with Crippen LogP contribution >= 0.6 is 0 Å². The van der Waals surface area contributed by atoms with Gasteiger partial charge in [0.05, 0.1) is 11.6 Å². The maximum absolute atomic E-state index is 12.4. The Bertz CT molecular complexity index is 1000. The zero-order valence-corrected chi connectivity index (χ0v) is 15.9. The van der Waals surface area contributed by atoms with Crippen LogP contribution in [-0.2, 0) is 6.54 Å². The molecule has 0 unspecified atom stereocenters. The monoisotopic (exact) mass is 365 g/mol. The van der Waals surface area contributed by atoms with Crippen molar-refractivity contribution >= 4 is 22.5 Å². The molecule has 2 aromatic carbocycles. The van der Waals surface area contributed by atoms with Crippen molar-refractivity contribution < 1.29 is 14.6 Å². The Kier molecular flexibility index (Phi) is 5.26. The highest BCUT2D eigenvalue weighted by Crippen LogP contribution is 2.39. The molecule has 0 radical (unpaired) electrons. The first kappa shape index (κ1) is 18.6. The predicted octanol–water partition coefficient (Wildman–Crippen LogP) is 5.39. The molecule has 0 aliphatic rings. The van der Waals surface area contributed by atoms with Crippen LogP contribution in [0.4, 0.5) is 5.69 Å². The van der Waals surface area contributed by atoms with Gasteiger partial charge in [0.1, 0.15) is 5.75 Å². The van der Waals surface area contributed by atoms with Crippen molar-refractivity contribution in [2.45, 2.75) is 40.3 Å². The maximum atomic E-state index is 12.4. The van der Waals surface area contributed by atoms with Crippen LogP contribution in [0.15, 0.2) is 52.7 Å². The molecule has 1 N–H and O–H groups in total. The number of aromatic nitrogens is 1. The van der Waals surface area contributed by atoms with E-state index in [0.717, 1.165) is 16.5 Å². The lowest BCUT2D eigenvalue weighted by atomic mass is 10.1. The minimum atomic E-state index is -0.476. The highest BCUT2D eigenvalue weighted by molar-refractivity contribution is 5.97. The number of aromatic hydroxyl groups is 1. The Hall–Kier alpha value is -3.15. The first-order chi connectivity index (χ1) is 12.9. The summed E-state index contributed by atoms with van der Waals surface area (Å²) in [6, 6.07) is 12.6. The molecule has 1 aromatic heterocycles. The number of aryl methyl sites for hydroxylation is 2. The van der Waals surface area contributed by atoms with Gasteiger partial charge in [0.15, 0.2) is 5.69 Å². The van der Waals surface area contributed by atoms with E-state index in [4.69, 9.17) is 4.74 Å². The number of ether oxygens (including phenoxy) is 1. The van der Waals surface area contributed by atoms with Crippen LogP contribution < -0.4 is 4.74 Å². The summed E-state index contributed by atoms with van der Waals surface area (Å²) in [6.07, 6.45) is 0.0635. The van der Waals surface area contributed by atoms with E-state index in [9.17, 15) is 9.90 Å². The summed E-state index contributed by atoms with van der Waals surface area (Å²) in [5.74, 6) is 0.225. The third-order valence-corrected chi connectivity index (χ3v) is 4.20. The number of azo groups is 1. The minimum absolute atomic E-state index is 0.00957. The fourth-order valence-corrected chi connectivity index (χ4v) is 2.96. The standard InChI is InChI=1S/C21H23N3O3/c1-5-24-18-11-6-14(4)12-17(18)19(21(24)26)22-23-20(25)15-7-9-16(10-8-15)27-13(2)3/h6-13,26H,5H2,1-4H3. The molecule has 0 saturated heterocycles. The smallest absolute Gasteiger partial charge is 0.295 e. The fourth-order valence-electron chi connectivity index (χ4n) is 2.96. The maximum Gasteiger partial charge on any atom is 0.295 e. The molecule has 6 nitrogen and oxygen atoms in total.